The number of rotatable bonds is 15. The largest absolute Gasteiger partial charge is 0.346 e. The summed E-state index contributed by atoms with van der Waals surface area (Å²) in [7, 11) is 1.98. The third-order valence-corrected chi connectivity index (χ3v) is 9.77. The predicted molar refractivity (Wildman–Crippen MR) is 176 cm³/mol. The summed E-state index contributed by atoms with van der Waals surface area (Å²) in [5, 5.41) is 11.4. The maximum absolute atomic E-state index is 14.3. The van der Waals surface area contributed by atoms with E-state index in [-0.39, 0.29) is 23.9 Å². The van der Waals surface area contributed by atoms with E-state index in [4.69, 9.17) is 0 Å². The Hall–Kier alpha value is -2.60. The summed E-state index contributed by atoms with van der Waals surface area (Å²) in [5.74, 6) is -2.23. The number of amides is 5. The summed E-state index contributed by atoms with van der Waals surface area (Å²) >= 11 is 1.59. The standard InChI is InChI=1S/C32H56N6O5S/c1-9-15-22(25(39)28(41)33-19-10-2)34-27(40)23-16-14-20-38(23)29(42)26(32(6)17-12-11-13-18-32)36-30(43)35-24(31(3,4)5)21-37(7)44-8/h10,22-24,26H,2,9,11-21H2,1,3-8H3,(H,33,41)(H,34,40)(H2,35,36,43). The fourth-order valence-electron chi connectivity index (χ4n) is 6.09. The van der Waals surface area contributed by atoms with Crippen LogP contribution in [0.4, 0.5) is 4.79 Å². The Labute approximate surface area is 268 Å². The maximum Gasteiger partial charge on any atom is 0.315 e. The van der Waals surface area contributed by atoms with Crippen LogP contribution in [0.1, 0.15) is 92.4 Å². The van der Waals surface area contributed by atoms with E-state index in [1.54, 1.807) is 16.8 Å². The zero-order valence-corrected chi connectivity index (χ0v) is 28.7. The zero-order valence-electron chi connectivity index (χ0n) is 27.9. The zero-order chi connectivity index (χ0) is 33.1. The van der Waals surface area contributed by atoms with Gasteiger partial charge in [0.2, 0.25) is 17.6 Å². The van der Waals surface area contributed by atoms with Crippen LogP contribution in [0.25, 0.3) is 0 Å². The molecule has 11 nitrogen and oxygen atoms in total. The van der Waals surface area contributed by atoms with Crippen molar-refractivity contribution in [1.82, 2.24) is 30.5 Å². The normalized spacial score (nSPS) is 20.3. The average Bonchev–Trinajstić information content (AvgIpc) is 3.47. The summed E-state index contributed by atoms with van der Waals surface area (Å²) in [5.41, 5.74) is -0.684. The number of nitrogens with zero attached hydrogens (tertiary/aromatic N) is 2. The first-order valence-corrected chi connectivity index (χ1v) is 17.2. The van der Waals surface area contributed by atoms with Gasteiger partial charge in [0, 0.05) is 25.7 Å². The Bertz CT molecular complexity index is 1030. The molecule has 5 amide bonds. The van der Waals surface area contributed by atoms with Crippen molar-refractivity contribution in [2.45, 2.75) is 117 Å². The van der Waals surface area contributed by atoms with Crippen LogP contribution in [0.15, 0.2) is 12.7 Å². The van der Waals surface area contributed by atoms with Crippen molar-refractivity contribution in [2.75, 3.05) is 32.9 Å². The number of hydrogen-bond donors (Lipinski definition) is 4. The van der Waals surface area contributed by atoms with Crippen molar-refractivity contribution in [3.63, 3.8) is 0 Å². The monoisotopic (exact) mass is 636 g/mol. The number of likely N-dealkylation sites (tertiary alicyclic amines) is 1. The molecule has 0 radical (unpaired) electrons. The van der Waals surface area contributed by atoms with E-state index in [9.17, 15) is 24.0 Å². The van der Waals surface area contributed by atoms with Crippen LogP contribution < -0.4 is 21.3 Å². The Balaban J connectivity index is 2.28. The molecule has 2 fully saturated rings. The van der Waals surface area contributed by atoms with E-state index < -0.39 is 47.2 Å². The summed E-state index contributed by atoms with van der Waals surface area (Å²) in [4.78, 5) is 68.2. The smallest absolute Gasteiger partial charge is 0.315 e. The predicted octanol–water partition coefficient (Wildman–Crippen LogP) is 3.40. The molecule has 4 N–H and O–H groups in total. The van der Waals surface area contributed by atoms with Gasteiger partial charge in [0.1, 0.15) is 12.1 Å². The van der Waals surface area contributed by atoms with Crippen molar-refractivity contribution in [2.24, 2.45) is 10.8 Å². The van der Waals surface area contributed by atoms with E-state index in [1.165, 1.54) is 6.08 Å². The van der Waals surface area contributed by atoms with Gasteiger partial charge in [0.05, 0.1) is 6.04 Å². The molecule has 2 aliphatic rings. The number of ketones is 1. The van der Waals surface area contributed by atoms with Gasteiger partial charge in [-0.15, -0.1) is 6.58 Å². The molecule has 1 saturated heterocycles. The number of nitrogens with one attached hydrogen (secondary N) is 4. The van der Waals surface area contributed by atoms with Crippen LogP contribution in [0.3, 0.4) is 0 Å². The minimum absolute atomic E-state index is 0.147. The Kier molecular flexibility index (Phi) is 14.7. The molecule has 1 heterocycles. The molecular weight excluding hydrogens is 580 g/mol. The van der Waals surface area contributed by atoms with Gasteiger partial charge in [-0.25, -0.2) is 4.79 Å². The van der Waals surface area contributed by atoms with Crippen molar-refractivity contribution in [1.29, 1.82) is 0 Å². The van der Waals surface area contributed by atoms with Crippen molar-refractivity contribution in [3.05, 3.63) is 12.7 Å². The Morgan fingerprint density at radius 1 is 1.07 bits per heavy atom. The molecule has 44 heavy (non-hydrogen) atoms. The Morgan fingerprint density at radius 3 is 2.30 bits per heavy atom. The molecule has 0 bridgehead atoms. The minimum Gasteiger partial charge on any atom is -0.346 e. The summed E-state index contributed by atoms with van der Waals surface area (Å²) in [6.07, 6.45) is 10.0. The van der Waals surface area contributed by atoms with E-state index in [0.717, 1.165) is 32.1 Å². The van der Waals surface area contributed by atoms with Gasteiger partial charge in [0.15, 0.2) is 0 Å². The molecule has 4 atom stereocenters. The van der Waals surface area contributed by atoms with Crippen molar-refractivity contribution in [3.8, 4) is 0 Å². The van der Waals surface area contributed by atoms with Crippen LogP contribution in [0.2, 0.25) is 0 Å². The molecule has 1 saturated carbocycles. The molecule has 0 aromatic rings. The quantitative estimate of drug-likeness (QED) is 0.123. The first-order chi connectivity index (χ1) is 20.7. The maximum atomic E-state index is 14.3. The van der Waals surface area contributed by atoms with Gasteiger partial charge in [-0.3, -0.25) is 23.5 Å². The lowest BCUT2D eigenvalue weighted by atomic mass is 9.70. The van der Waals surface area contributed by atoms with Crippen LogP contribution >= 0.6 is 11.9 Å². The number of carbonyl (C=O) groups excluding carboxylic acids is 5. The lowest BCUT2D eigenvalue weighted by molar-refractivity contribution is -0.144. The first-order valence-electron chi connectivity index (χ1n) is 16.0. The van der Waals surface area contributed by atoms with Crippen LogP contribution in [-0.4, -0.2) is 95.8 Å². The Morgan fingerprint density at radius 2 is 1.73 bits per heavy atom. The van der Waals surface area contributed by atoms with Gasteiger partial charge < -0.3 is 26.2 Å². The molecule has 0 spiro atoms. The molecule has 2 rings (SSSR count). The second kappa shape index (κ2) is 17.2. The highest BCUT2D eigenvalue weighted by Gasteiger charge is 2.46. The second-order valence-corrected chi connectivity index (χ2v) is 14.6. The molecule has 0 aromatic heterocycles. The number of hydrogen-bond acceptors (Lipinski definition) is 7. The van der Waals surface area contributed by atoms with Gasteiger partial charge in [0.25, 0.3) is 5.91 Å². The van der Waals surface area contributed by atoms with E-state index in [1.807, 2.05) is 20.2 Å². The van der Waals surface area contributed by atoms with Crippen molar-refractivity contribution < 1.29 is 24.0 Å². The van der Waals surface area contributed by atoms with Gasteiger partial charge in [-0.2, -0.15) is 0 Å². The number of Topliss-reactive ketones (excluding diaryl/α,β-unsaturated/α-hetero) is 1. The number of carbonyl (C=O) groups is 5. The molecule has 1 aliphatic heterocycles. The third-order valence-electron chi connectivity index (χ3n) is 9.00. The molecular formula is C32H56N6O5S. The highest BCUT2D eigenvalue weighted by molar-refractivity contribution is 7.96. The van der Waals surface area contributed by atoms with Crippen LogP contribution in [-0.2, 0) is 19.2 Å². The van der Waals surface area contributed by atoms with Crippen LogP contribution in [0, 0.1) is 10.8 Å². The van der Waals surface area contributed by atoms with Gasteiger partial charge in [-0.05, 0) is 56.2 Å². The minimum atomic E-state index is -0.987. The molecule has 250 valence electrons. The van der Waals surface area contributed by atoms with Gasteiger partial charge in [-0.1, -0.05) is 78.3 Å². The molecule has 12 heteroatoms. The summed E-state index contributed by atoms with van der Waals surface area (Å²) in [6.45, 7) is 14.8. The fourth-order valence-corrected chi connectivity index (χ4v) is 6.38. The second-order valence-electron chi connectivity index (χ2n) is 13.6. The summed E-state index contributed by atoms with van der Waals surface area (Å²) in [6, 6.07) is -3.16. The van der Waals surface area contributed by atoms with Crippen LogP contribution in [0.5, 0.6) is 0 Å². The SMILES string of the molecule is C=CCNC(=O)C(=O)C(CCC)NC(=O)C1CCCN1C(=O)C(NC(=O)NC(CN(C)SC)C(C)(C)C)C1(C)CCCCC1. The topological polar surface area (TPSA) is 140 Å². The third kappa shape index (κ3) is 10.5. The molecule has 0 aromatic carbocycles. The van der Waals surface area contributed by atoms with Gasteiger partial charge >= 0.3 is 6.03 Å². The first kappa shape index (κ1) is 37.6. The molecule has 1 aliphatic carbocycles. The lowest BCUT2D eigenvalue weighted by Crippen LogP contribution is -2.62. The van der Waals surface area contributed by atoms with E-state index in [0.29, 0.717) is 38.8 Å². The highest BCUT2D eigenvalue weighted by Crippen LogP contribution is 2.40. The lowest BCUT2D eigenvalue weighted by Gasteiger charge is -2.43. The molecule has 4 unspecified atom stereocenters. The van der Waals surface area contributed by atoms with E-state index >= 15 is 0 Å². The number of urea groups is 1. The fraction of sp³-hybridized carbons (Fsp3) is 0.781. The van der Waals surface area contributed by atoms with E-state index in [2.05, 4.69) is 59.8 Å². The van der Waals surface area contributed by atoms with Crippen molar-refractivity contribution >= 4 is 41.5 Å². The average molecular weight is 637 g/mol. The highest BCUT2D eigenvalue weighted by atomic mass is 32.2. The summed E-state index contributed by atoms with van der Waals surface area (Å²) < 4.78 is 2.06. The number of likely N-dealkylation sites (N-methyl/N-ethyl adjacent to an activating group) is 1.